The highest BCUT2D eigenvalue weighted by molar-refractivity contribution is 5.83. The second-order valence-corrected chi connectivity index (χ2v) is 5.31. The van der Waals surface area contributed by atoms with Crippen LogP contribution in [0, 0.1) is 17.6 Å². The first kappa shape index (κ1) is 12.5. The van der Waals surface area contributed by atoms with E-state index in [9.17, 15) is 13.6 Å². The van der Waals surface area contributed by atoms with Gasteiger partial charge in [-0.05, 0) is 36.9 Å². The van der Waals surface area contributed by atoms with Crippen molar-refractivity contribution in [3.63, 3.8) is 0 Å². The molecule has 3 unspecified atom stereocenters. The lowest BCUT2D eigenvalue weighted by Gasteiger charge is -2.11. The SMILES string of the molecule is O=C(NC1CCNC1)C1CC1c1ccc(F)cc1F. The first-order valence-corrected chi connectivity index (χ1v) is 6.61. The van der Waals surface area contributed by atoms with Gasteiger partial charge in [0, 0.05) is 24.6 Å². The van der Waals surface area contributed by atoms with Crippen LogP contribution in [0.1, 0.15) is 24.3 Å². The Kier molecular flexibility index (Phi) is 3.22. The van der Waals surface area contributed by atoms with Gasteiger partial charge < -0.3 is 10.6 Å². The molecule has 2 fully saturated rings. The molecule has 1 amide bonds. The van der Waals surface area contributed by atoms with Gasteiger partial charge in [0.25, 0.3) is 0 Å². The lowest BCUT2D eigenvalue weighted by molar-refractivity contribution is -0.123. The minimum Gasteiger partial charge on any atom is -0.352 e. The van der Waals surface area contributed by atoms with Crippen LogP contribution >= 0.6 is 0 Å². The van der Waals surface area contributed by atoms with E-state index in [-0.39, 0.29) is 23.8 Å². The molecule has 5 heteroatoms. The van der Waals surface area contributed by atoms with Gasteiger partial charge >= 0.3 is 0 Å². The van der Waals surface area contributed by atoms with Crippen LogP contribution in [0.4, 0.5) is 8.78 Å². The van der Waals surface area contributed by atoms with Gasteiger partial charge in [0.1, 0.15) is 11.6 Å². The monoisotopic (exact) mass is 266 g/mol. The van der Waals surface area contributed by atoms with Crippen molar-refractivity contribution in [3.8, 4) is 0 Å². The summed E-state index contributed by atoms with van der Waals surface area (Å²) in [6.07, 6.45) is 1.59. The molecule has 102 valence electrons. The lowest BCUT2D eigenvalue weighted by Crippen LogP contribution is -2.37. The van der Waals surface area contributed by atoms with Gasteiger partial charge in [0.15, 0.2) is 0 Å². The van der Waals surface area contributed by atoms with Gasteiger partial charge in [-0.3, -0.25) is 4.79 Å². The Hall–Kier alpha value is -1.49. The fourth-order valence-electron chi connectivity index (χ4n) is 2.72. The quantitative estimate of drug-likeness (QED) is 0.871. The third kappa shape index (κ3) is 2.61. The number of rotatable bonds is 3. The molecule has 1 aliphatic heterocycles. The van der Waals surface area contributed by atoms with Crippen LogP contribution in [0.5, 0.6) is 0 Å². The van der Waals surface area contributed by atoms with Crippen LogP contribution in [0.3, 0.4) is 0 Å². The summed E-state index contributed by atoms with van der Waals surface area (Å²) in [7, 11) is 0. The van der Waals surface area contributed by atoms with Crippen molar-refractivity contribution in [2.24, 2.45) is 5.92 Å². The van der Waals surface area contributed by atoms with Crippen LogP contribution in [-0.2, 0) is 4.79 Å². The topological polar surface area (TPSA) is 41.1 Å². The highest BCUT2D eigenvalue weighted by atomic mass is 19.1. The molecule has 3 atom stereocenters. The molecule has 3 nitrogen and oxygen atoms in total. The Bertz CT molecular complexity index is 500. The van der Waals surface area contributed by atoms with Crippen molar-refractivity contribution < 1.29 is 13.6 Å². The molecule has 0 bridgehead atoms. The first-order valence-electron chi connectivity index (χ1n) is 6.61. The average Bonchev–Trinajstić information content (AvgIpc) is 2.99. The number of amides is 1. The fraction of sp³-hybridized carbons (Fsp3) is 0.500. The van der Waals surface area contributed by atoms with E-state index < -0.39 is 11.6 Å². The smallest absolute Gasteiger partial charge is 0.224 e. The van der Waals surface area contributed by atoms with E-state index in [0.717, 1.165) is 25.6 Å². The van der Waals surface area contributed by atoms with Crippen LogP contribution in [-0.4, -0.2) is 25.0 Å². The molecular weight excluding hydrogens is 250 g/mol. The summed E-state index contributed by atoms with van der Waals surface area (Å²) in [4.78, 5) is 12.0. The van der Waals surface area contributed by atoms with E-state index in [2.05, 4.69) is 10.6 Å². The molecule has 0 spiro atoms. The summed E-state index contributed by atoms with van der Waals surface area (Å²) in [6.45, 7) is 1.72. The Morgan fingerprint density at radius 3 is 2.89 bits per heavy atom. The number of halogens is 2. The van der Waals surface area contributed by atoms with Crippen LogP contribution in [0.25, 0.3) is 0 Å². The minimum atomic E-state index is -0.583. The van der Waals surface area contributed by atoms with Gasteiger partial charge in [0.05, 0.1) is 0 Å². The molecular formula is C14H16F2N2O. The largest absolute Gasteiger partial charge is 0.352 e. The van der Waals surface area contributed by atoms with Crippen molar-refractivity contribution in [1.82, 2.24) is 10.6 Å². The van der Waals surface area contributed by atoms with Gasteiger partial charge in [-0.1, -0.05) is 6.07 Å². The van der Waals surface area contributed by atoms with Crippen molar-refractivity contribution in [3.05, 3.63) is 35.4 Å². The molecule has 1 aromatic carbocycles. The predicted molar refractivity (Wildman–Crippen MR) is 66.6 cm³/mol. The van der Waals surface area contributed by atoms with E-state index >= 15 is 0 Å². The van der Waals surface area contributed by atoms with Gasteiger partial charge in [-0.15, -0.1) is 0 Å². The third-order valence-electron chi connectivity index (χ3n) is 3.90. The minimum absolute atomic E-state index is 0.0116. The summed E-state index contributed by atoms with van der Waals surface area (Å²) in [5.41, 5.74) is 0.450. The molecule has 1 aromatic rings. The van der Waals surface area contributed by atoms with Crippen molar-refractivity contribution in [2.45, 2.75) is 24.8 Å². The second-order valence-electron chi connectivity index (χ2n) is 5.31. The summed E-state index contributed by atoms with van der Waals surface area (Å²) < 4.78 is 26.4. The van der Waals surface area contributed by atoms with Crippen molar-refractivity contribution in [2.75, 3.05) is 13.1 Å². The van der Waals surface area contributed by atoms with Crippen molar-refractivity contribution in [1.29, 1.82) is 0 Å². The number of hydrogen-bond donors (Lipinski definition) is 2. The molecule has 1 heterocycles. The lowest BCUT2D eigenvalue weighted by atomic mass is 10.1. The van der Waals surface area contributed by atoms with Gasteiger partial charge in [0.2, 0.25) is 5.91 Å². The normalized spacial score (nSPS) is 29.3. The Balaban J connectivity index is 1.62. The molecule has 2 aliphatic rings. The molecule has 1 aliphatic carbocycles. The Morgan fingerprint density at radius 2 is 2.21 bits per heavy atom. The molecule has 0 radical (unpaired) electrons. The van der Waals surface area contributed by atoms with E-state index in [1.807, 2.05) is 0 Å². The highest BCUT2D eigenvalue weighted by Gasteiger charge is 2.45. The third-order valence-corrected chi connectivity index (χ3v) is 3.90. The zero-order valence-corrected chi connectivity index (χ0v) is 10.5. The number of hydrogen-bond acceptors (Lipinski definition) is 2. The maximum atomic E-state index is 13.6. The van der Waals surface area contributed by atoms with Gasteiger partial charge in [-0.25, -0.2) is 8.78 Å². The standard InChI is InChI=1S/C14H16F2N2O/c15-8-1-2-10(13(16)5-8)11-6-12(11)14(19)18-9-3-4-17-7-9/h1-2,5,9,11-12,17H,3-4,6-7H2,(H,18,19). The molecule has 3 rings (SSSR count). The number of benzene rings is 1. The zero-order chi connectivity index (χ0) is 13.4. The van der Waals surface area contributed by atoms with E-state index in [4.69, 9.17) is 0 Å². The van der Waals surface area contributed by atoms with Crippen LogP contribution < -0.4 is 10.6 Å². The summed E-state index contributed by atoms with van der Waals surface area (Å²) >= 11 is 0. The number of nitrogens with one attached hydrogen (secondary N) is 2. The van der Waals surface area contributed by atoms with E-state index in [1.165, 1.54) is 12.1 Å². The number of carbonyl (C=O) groups is 1. The Morgan fingerprint density at radius 1 is 1.37 bits per heavy atom. The molecule has 1 saturated carbocycles. The summed E-state index contributed by atoms with van der Waals surface area (Å²) in [6, 6.07) is 3.75. The van der Waals surface area contributed by atoms with E-state index in [0.29, 0.717) is 12.0 Å². The van der Waals surface area contributed by atoms with Crippen molar-refractivity contribution >= 4 is 5.91 Å². The molecule has 2 N–H and O–H groups in total. The summed E-state index contributed by atoms with van der Waals surface area (Å²) in [5.74, 6) is -1.42. The Labute approximate surface area is 110 Å². The van der Waals surface area contributed by atoms with Gasteiger partial charge in [-0.2, -0.15) is 0 Å². The number of carbonyl (C=O) groups excluding carboxylic acids is 1. The molecule has 19 heavy (non-hydrogen) atoms. The zero-order valence-electron chi connectivity index (χ0n) is 10.5. The predicted octanol–water partition coefficient (Wildman–Crippen LogP) is 1.55. The van der Waals surface area contributed by atoms with Crippen LogP contribution in [0.2, 0.25) is 0 Å². The second kappa shape index (κ2) is 4.89. The summed E-state index contributed by atoms with van der Waals surface area (Å²) in [5, 5.41) is 6.15. The average molecular weight is 266 g/mol. The fourth-order valence-corrected chi connectivity index (χ4v) is 2.72. The van der Waals surface area contributed by atoms with Crippen LogP contribution in [0.15, 0.2) is 18.2 Å². The first-order chi connectivity index (χ1) is 9.15. The maximum Gasteiger partial charge on any atom is 0.224 e. The van der Waals surface area contributed by atoms with E-state index in [1.54, 1.807) is 0 Å². The molecule has 1 saturated heterocycles. The highest BCUT2D eigenvalue weighted by Crippen LogP contribution is 2.48. The maximum absolute atomic E-state index is 13.6. The molecule has 0 aromatic heterocycles.